The average molecular weight is 243 g/mol. The van der Waals surface area contributed by atoms with Crippen LogP contribution in [0.3, 0.4) is 0 Å². The van der Waals surface area contributed by atoms with E-state index in [4.69, 9.17) is 0 Å². The van der Waals surface area contributed by atoms with Crippen LogP contribution in [0.2, 0.25) is 0 Å². The van der Waals surface area contributed by atoms with Crippen molar-refractivity contribution in [3.8, 4) is 0 Å². The van der Waals surface area contributed by atoms with Crippen molar-refractivity contribution < 1.29 is 9.53 Å². The second-order valence-corrected chi connectivity index (χ2v) is 3.80. The Labute approximate surface area is 101 Å². The molecule has 1 aromatic carbocycles. The molecule has 0 aliphatic heterocycles. The van der Waals surface area contributed by atoms with E-state index >= 15 is 0 Å². The summed E-state index contributed by atoms with van der Waals surface area (Å²) in [6.45, 7) is 0. The molecule has 0 aliphatic carbocycles. The van der Waals surface area contributed by atoms with Gasteiger partial charge in [0.25, 0.3) is 5.56 Å². The number of aromatic amines is 1. The molecule has 1 N–H and O–H groups in total. The maximum Gasteiger partial charge on any atom is 0.337 e. The minimum absolute atomic E-state index is 0.265. The van der Waals surface area contributed by atoms with Gasteiger partial charge in [-0.3, -0.25) is 9.20 Å². The Balaban J connectivity index is 2.42. The molecule has 6 heteroatoms. The van der Waals surface area contributed by atoms with Crippen molar-refractivity contribution in [2.24, 2.45) is 0 Å². The highest BCUT2D eigenvalue weighted by atomic mass is 16.5. The van der Waals surface area contributed by atoms with Crippen LogP contribution >= 0.6 is 0 Å². The molecular formula is C12H9N3O3. The normalized spacial score (nSPS) is 10.9. The van der Waals surface area contributed by atoms with E-state index in [1.807, 2.05) is 0 Å². The number of nitrogens with zero attached hydrogens (tertiary/aromatic N) is 2. The van der Waals surface area contributed by atoms with Gasteiger partial charge in [0.15, 0.2) is 0 Å². The quantitative estimate of drug-likeness (QED) is 0.646. The summed E-state index contributed by atoms with van der Waals surface area (Å²) in [5, 5.41) is 0. The molecule has 3 aromatic rings. The first-order chi connectivity index (χ1) is 8.70. The summed E-state index contributed by atoms with van der Waals surface area (Å²) in [6.07, 6.45) is 3.21. The van der Waals surface area contributed by atoms with Crippen molar-refractivity contribution >= 4 is 22.6 Å². The van der Waals surface area contributed by atoms with Gasteiger partial charge in [-0.2, -0.15) is 0 Å². The number of imidazole rings is 1. The zero-order valence-corrected chi connectivity index (χ0v) is 9.51. The number of aromatic nitrogens is 3. The second-order valence-electron chi connectivity index (χ2n) is 3.80. The van der Waals surface area contributed by atoms with Crippen molar-refractivity contribution in [2.45, 2.75) is 0 Å². The van der Waals surface area contributed by atoms with Gasteiger partial charge in [0.05, 0.1) is 23.7 Å². The standard InChI is InChI=1S/C12H9N3O3/c1-18-12(17)7-2-3-8-9(6-7)15-5-4-13-10(15)11(16)14-8/h2-6H,1H3,(H,14,16). The van der Waals surface area contributed by atoms with E-state index in [2.05, 4.69) is 14.7 Å². The second kappa shape index (κ2) is 3.69. The van der Waals surface area contributed by atoms with Gasteiger partial charge < -0.3 is 9.72 Å². The van der Waals surface area contributed by atoms with E-state index < -0.39 is 5.97 Å². The van der Waals surface area contributed by atoms with Crippen molar-refractivity contribution in [2.75, 3.05) is 7.11 Å². The van der Waals surface area contributed by atoms with Gasteiger partial charge in [-0.1, -0.05) is 0 Å². The number of hydrogen-bond donors (Lipinski definition) is 1. The van der Waals surface area contributed by atoms with Crippen molar-refractivity contribution in [3.05, 3.63) is 46.5 Å². The third-order valence-corrected chi connectivity index (χ3v) is 2.77. The fourth-order valence-corrected chi connectivity index (χ4v) is 1.93. The molecule has 0 atom stereocenters. The lowest BCUT2D eigenvalue weighted by atomic mass is 10.2. The van der Waals surface area contributed by atoms with Crippen LogP contribution in [0.5, 0.6) is 0 Å². The van der Waals surface area contributed by atoms with Crippen LogP contribution in [-0.2, 0) is 4.74 Å². The lowest BCUT2D eigenvalue weighted by molar-refractivity contribution is 0.0601. The molecule has 18 heavy (non-hydrogen) atoms. The van der Waals surface area contributed by atoms with Crippen LogP contribution in [0.1, 0.15) is 10.4 Å². The van der Waals surface area contributed by atoms with E-state index in [1.54, 1.807) is 28.8 Å². The molecule has 2 heterocycles. The first kappa shape index (κ1) is 10.5. The van der Waals surface area contributed by atoms with E-state index in [9.17, 15) is 9.59 Å². The van der Waals surface area contributed by atoms with Gasteiger partial charge in [-0.05, 0) is 18.2 Å². The first-order valence-electron chi connectivity index (χ1n) is 5.28. The summed E-state index contributed by atoms with van der Waals surface area (Å²) in [6, 6.07) is 4.93. The number of esters is 1. The topological polar surface area (TPSA) is 76.5 Å². The summed E-state index contributed by atoms with van der Waals surface area (Å²) in [5.41, 5.74) is 1.79. The highest BCUT2D eigenvalue weighted by Gasteiger charge is 2.10. The van der Waals surface area contributed by atoms with Gasteiger partial charge in [-0.15, -0.1) is 0 Å². The number of carbonyl (C=O) groups is 1. The maximum absolute atomic E-state index is 11.7. The van der Waals surface area contributed by atoms with Gasteiger partial charge in [-0.25, -0.2) is 9.78 Å². The predicted octanol–water partition coefficient (Wildman–Crippen LogP) is 0.962. The van der Waals surface area contributed by atoms with Crippen LogP contribution in [0, 0.1) is 0 Å². The third kappa shape index (κ3) is 1.39. The number of fused-ring (bicyclic) bond motifs is 3. The highest BCUT2D eigenvalue weighted by molar-refractivity contribution is 5.93. The largest absolute Gasteiger partial charge is 0.465 e. The van der Waals surface area contributed by atoms with Gasteiger partial charge in [0.1, 0.15) is 0 Å². The number of methoxy groups -OCH3 is 1. The minimum atomic E-state index is -0.420. The lowest BCUT2D eigenvalue weighted by Gasteiger charge is -2.04. The predicted molar refractivity (Wildman–Crippen MR) is 64.7 cm³/mol. The number of nitrogens with one attached hydrogen (secondary N) is 1. The fraction of sp³-hybridized carbons (Fsp3) is 0.0833. The van der Waals surface area contributed by atoms with Crippen LogP contribution in [0.4, 0.5) is 0 Å². The van der Waals surface area contributed by atoms with E-state index in [1.165, 1.54) is 13.3 Å². The van der Waals surface area contributed by atoms with Gasteiger partial charge in [0, 0.05) is 12.4 Å². The number of benzene rings is 1. The Morgan fingerprint density at radius 1 is 1.44 bits per heavy atom. The van der Waals surface area contributed by atoms with Crippen molar-refractivity contribution in [1.82, 2.24) is 14.4 Å². The Morgan fingerprint density at radius 3 is 3.06 bits per heavy atom. The summed E-state index contributed by atoms with van der Waals surface area (Å²) in [7, 11) is 1.33. The zero-order chi connectivity index (χ0) is 12.7. The number of ether oxygens (including phenoxy) is 1. The Bertz CT molecular complexity index is 816. The number of carbonyl (C=O) groups excluding carboxylic acids is 1. The summed E-state index contributed by atoms with van der Waals surface area (Å²) in [4.78, 5) is 29.9. The van der Waals surface area contributed by atoms with E-state index in [-0.39, 0.29) is 5.56 Å². The summed E-state index contributed by atoms with van der Waals surface area (Å²) >= 11 is 0. The van der Waals surface area contributed by atoms with Crippen LogP contribution in [0.15, 0.2) is 35.4 Å². The zero-order valence-electron chi connectivity index (χ0n) is 9.51. The molecule has 0 aliphatic rings. The highest BCUT2D eigenvalue weighted by Crippen LogP contribution is 2.14. The van der Waals surface area contributed by atoms with Gasteiger partial charge in [0.2, 0.25) is 5.65 Å². The Hall–Kier alpha value is -2.63. The molecule has 90 valence electrons. The number of hydrogen-bond acceptors (Lipinski definition) is 4. The lowest BCUT2D eigenvalue weighted by Crippen LogP contribution is -2.11. The molecule has 0 fully saturated rings. The molecule has 0 unspecified atom stereocenters. The van der Waals surface area contributed by atoms with Gasteiger partial charge >= 0.3 is 5.97 Å². The molecule has 0 bridgehead atoms. The fourth-order valence-electron chi connectivity index (χ4n) is 1.93. The van der Waals surface area contributed by atoms with E-state index in [0.29, 0.717) is 22.2 Å². The monoisotopic (exact) mass is 243 g/mol. The Morgan fingerprint density at radius 2 is 2.28 bits per heavy atom. The SMILES string of the molecule is COC(=O)c1ccc2[nH]c(=O)c3nccn3c2c1. The van der Waals surface area contributed by atoms with Crippen LogP contribution in [0.25, 0.3) is 16.7 Å². The molecule has 0 spiro atoms. The molecule has 0 saturated heterocycles. The summed E-state index contributed by atoms with van der Waals surface area (Å²) < 4.78 is 6.31. The molecule has 0 amide bonds. The van der Waals surface area contributed by atoms with E-state index in [0.717, 1.165) is 0 Å². The molecule has 6 nitrogen and oxygen atoms in total. The molecule has 3 rings (SSSR count). The third-order valence-electron chi connectivity index (χ3n) is 2.77. The Kier molecular flexibility index (Phi) is 2.16. The molecule has 0 radical (unpaired) electrons. The molecule has 0 saturated carbocycles. The first-order valence-corrected chi connectivity index (χ1v) is 5.28. The summed E-state index contributed by atoms with van der Waals surface area (Å²) in [5.74, 6) is -0.420. The van der Waals surface area contributed by atoms with Crippen molar-refractivity contribution in [1.29, 1.82) is 0 Å². The molecular weight excluding hydrogens is 234 g/mol. The van der Waals surface area contributed by atoms with Crippen molar-refractivity contribution in [3.63, 3.8) is 0 Å². The smallest absolute Gasteiger partial charge is 0.337 e. The maximum atomic E-state index is 11.7. The molecule has 2 aromatic heterocycles. The minimum Gasteiger partial charge on any atom is -0.465 e. The number of H-pyrrole nitrogens is 1. The average Bonchev–Trinajstić information content (AvgIpc) is 2.88. The number of rotatable bonds is 1. The van der Waals surface area contributed by atoms with Crippen LogP contribution < -0.4 is 5.56 Å². The van der Waals surface area contributed by atoms with Crippen LogP contribution in [-0.4, -0.2) is 27.4 Å².